The topological polar surface area (TPSA) is 34.2 Å². The molecule has 0 amide bonds. The predicted octanol–water partition coefficient (Wildman–Crippen LogP) is 3.42. The SMILES string of the molecule is Cc1ncc(CC2(CNCC(C)C)CCOC2C2CC2)s1. The number of nitrogens with one attached hydrogen (secondary N) is 1. The number of aryl methyl sites for hydroxylation is 1. The van der Waals surface area contributed by atoms with Crippen LogP contribution < -0.4 is 5.32 Å². The van der Waals surface area contributed by atoms with Gasteiger partial charge in [0, 0.05) is 29.6 Å². The minimum atomic E-state index is 0.287. The molecule has 1 aliphatic carbocycles. The van der Waals surface area contributed by atoms with Crippen molar-refractivity contribution in [3.63, 3.8) is 0 Å². The highest BCUT2D eigenvalue weighted by molar-refractivity contribution is 7.11. The number of hydrogen-bond donors (Lipinski definition) is 1. The number of ether oxygens (including phenoxy) is 1. The summed E-state index contributed by atoms with van der Waals surface area (Å²) in [6, 6.07) is 0. The van der Waals surface area contributed by atoms with Gasteiger partial charge >= 0.3 is 0 Å². The largest absolute Gasteiger partial charge is 0.377 e. The van der Waals surface area contributed by atoms with E-state index in [0.29, 0.717) is 12.0 Å². The second kappa shape index (κ2) is 6.35. The van der Waals surface area contributed by atoms with Crippen molar-refractivity contribution < 1.29 is 4.74 Å². The fourth-order valence-electron chi connectivity index (χ4n) is 3.63. The van der Waals surface area contributed by atoms with E-state index in [1.54, 1.807) is 0 Å². The Balaban J connectivity index is 1.73. The van der Waals surface area contributed by atoms with Crippen LogP contribution in [0, 0.1) is 24.2 Å². The third-order valence-electron chi connectivity index (χ3n) is 4.78. The predicted molar refractivity (Wildman–Crippen MR) is 87.8 cm³/mol. The molecule has 2 unspecified atom stereocenters. The van der Waals surface area contributed by atoms with Gasteiger partial charge in [0.15, 0.2) is 0 Å². The number of thiazole rings is 1. The van der Waals surface area contributed by atoms with Crippen molar-refractivity contribution >= 4 is 11.3 Å². The molecular weight excluding hydrogens is 280 g/mol. The summed E-state index contributed by atoms with van der Waals surface area (Å²) in [6.45, 7) is 9.76. The number of rotatable bonds is 7. The fraction of sp³-hybridized carbons (Fsp3) is 0.824. The third kappa shape index (κ3) is 3.66. The molecular formula is C17H28N2OS. The van der Waals surface area contributed by atoms with Crippen LogP contribution in [0.4, 0.5) is 0 Å². The first-order valence-electron chi connectivity index (χ1n) is 8.33. The van der Waals surface area contributed by atoms with Crippen LogP contribution in [0.3, 0.4) is 0 Å². The summed E-state index contributed by atoms with van der Waals surface area (Å²) >= 11 is 1.85. The Bertz CT molecular complexity index is 469. The number of nitrogens with zero attached hydrogens (tertiary/aromatic N) is 1. The van der Waals surface area contributed by atoms with Crippen molar-refractivity contribution in [3.05, 3.63) is 16.1 Å². The highest BCUT2D eigenvalue weighted by Gasteiger charge is 2.50. The number of hydrogen-bond acceptors (Lipinski definition) is 4. The molecule has 2 aliphatic rings. The van der Waals surface area contributed by atoms with Gasteiger partial charge in [0.1, 0.15) is 0 Å². The molecule has 3 rings (SSSR count). The molecule has 1 aromatic rings. The van der Waals surface area contributed by atoms with E-state index < -0.39 is 0 Å². The van der Waals surface area contributed by atoms with Crippen LogP contribution >= 0.6 is 11.3 Å². The van der Waals surface area contributed by atoms with Crippen molar-refractivity contribution in [1.29, 1.82) is 0 Å². The summed E-state index contributed by atoms with van der Waals surface area (Å²) in [4.78, 5) is 5.87. The monoisotopic (exact) mass is 308 g/mol. The average molecular weight is 308 g/mol. The maximum Gasteiger partial charge on any atom is 0.0896 e. The summed E-state index contributed by atoms with van der Waals surface area (Å²) in [7, 11) is 0. The zero-order chi connectivity index (χ0) is 14.9. The van der Waals surface area contributed by atoms with Crippen LogP contribution in [0.2, 0.25) is 0 Å². The van der Waals surface area contributed by atoms with Gasteiger partial charge in [-0.1, -0.05) is 13.8 Å². The summed E-state index contributed by atoms with van der Waals surface area (Å²) in [5.41, 5.74) is 0.287. The van der Waals surface area contributed by atoms with Crippen LogP contribution in [-0.2, 0) is 11.2 Å². The van der Waals surface area contributed by atoms with Gasteiger partial charge in [-0.3, -0.25) is 0 Å². The molecule has 1 aliphatic heterocycles. The van der Waals surface area contributed by atoms with Gasteiger partial charge in [-0.2, -0.15) is 0 Å². The first kappa shape index (κ1) is 15.4. The molecule has 2 atom stereocenters. The van der Waals surface area contributed by atoms with E-state index in [-0.39, 0.29) is 5.41 Å². The Kier molecular flexibility index (Phi) is 4.67. The number of aromatic nitrogens is 1. The zero-order valence-corrected chi connectivity index (χ0v) is 14.3. The van der Waals surface area contributed by atoms with E-state index in [1.165, 1.54) is 29.1 Å². The lowest BCUT2D eigenvalue weighted by molar-refractivity contribution is 0.0307. The van der Waals surface area contributed by atoms with Crippen LogP contribution in [0.25, 0.3) is 0 Å². The first-order valence-corrected chi connectivity index (χ1v) is 9.14. The lowest BCUT2D eigenvalue weighted by Crippen LogP contribution is -2.44. The standard InChI is InChI=1S/C17H28N2OS/c1-12(2)9-18-11-17(8-15-10-19-13(3)21-15)6-7-20-16(17)14-4-5-14/h10,12,14,16,18H,4-9,11H2,1-3H3. The van der Waals surface area contributed by atoms with E-state index in [9.17, 15) is 0 Å². The van der Waals surface area contributed by atoms with Crippen LogP contribution in [0.15, 0.2) is 6.20 Å². The molecule has 2 fully saturated rings. The average Bonchev–Trinajstić information content (AvgIpc) is 3.06. The van der Waals surface area contributed by atoms with E-state index in [4.69, 9.17) is 4.74 Å². The minimum absolute atomic E-state index is 0.287. The van der Waals surface area contributed by atoms with Crippen LogP contribution in [0.1, 0.15) is 43.0 Å². The zero-order valence-electron chi connectivity index (χ0n) is 13.5. The molecule has 21 heavy (non-hydrogen) atoms. The van der Waals surface area contributed by atoms with E-state index in [2.05, 4.69) is 37.3 Å². The summed E-state index contributed by atoms with van der Waals surface area (Å²) in [5.74, 6) is 1.51. The Labute approximate surface area is 132 Å². The summed E-state index contributed by atoms with van der Waals surface area (Å²) in [5, 5.41) is 4.89. The summed E-state index contributed by atoms with van der Waals surface area (Å²) < 4.78 is 6.17. The quantitative estimate of drug-likeness (QED) is 0.838. The maximum absolute atomic E-state index is 6.17. The van der Waals surface area contributed by atoms with Crippen molar-refractivity contribution in [2.45, 2.75) is 52.6 Å². The fourth-order valence-corrected chi connectivity index (χ4v) is 4.58. The van der Waals surface area contributed by atoms with E-state index >= 15 is 0 Å². The highest BCUT2D eigenvalue weighted by Crippen LogP contribution is 2.49. The molecule has 1 saturated carbocycles. The molecule has 1 aromatic heterocycles. The van der Waals surface area contributed by atoms with Gasteiger partial charge < -0.3 is 10.1 Å². The van der Waals surface area contributed by atoms with Gasteiger partial charge in [0.25, 0.3) is 0 Å². The van der Waals surface area contributed by atoms with E-state index in [0.717, 1.165) is 32.0 Å². The molecule has 4 heteroatoms. The van der Waals surface area contributed by atoms with Gasteiger partial charge in [-0.15, -0.1) is 11.3 Å². The molecule has 1 saturated heterocycles. The Hall–Kier alpha value is -0.450. The highest BCUT2D eigenvalue weighted by atomic mass is 32.1. The Morgan fingerprint density at radius 1 is 1.48 bits per heavy atom. The summed E-state index contributed by atoms with van der Waals surface area (Å²) in [6.07, 6.45) is 7.57. The van der Waals surface area contributed by atoms with Gasteiger partial charge in [0.2, 0.25) is 0 Å². The smallest absolute Gasteiger partial charge is 0.0896 e. The first-order chi connectivity index (χ1) is 10.1. The molecule has 3 nitrogen and oxygen atoms in total. The molecule has 2 heterocycles. The van der Waals surface area contributed by atoms with Gasteiger partial charge in [-0.25, -0.2) is 4.98 Å². The lowest BCUT2D eigenvalue weighted by Gasteiger charge is -2.34. The molecule has 0 spiro atoms. The molecule has 118 valence electrons. The normalized spacial score (nSPS) is 29.4. The third-order valence-corrected chi connectivity index (χ3v) is 5.69. The van der Waals surface area contributed by atoms with Crippen molar-refractivity contribution in [2.24, 2.45) is 17.3 Å². The minimum Gasteiger partial charge on any atom is -0.377 e. The second-order valence-corrected chi connectivity index (χ2v) is 8.61. The molecule has 0 bridgehead atoms. The molecule has 1 N–H and O–H groups in total. The van der Waals surface area contributed by atoms with Gasteiger partial charge in [0.05, 0.1) is 11.1 Å². The maximum atomic E-state index is 6.17. The van der Waals surface area contributed by atoms with Crippen LogP contribution in [0.5, 0.6) is 0 Å². The molecule has 0 aromatic carbocycles. The van der Waals surface area contributed by atoms with Crippen molar-refractivity contribution in [1.82, 2.24) is 10.3 Å². The second-order valence-electron chi connectivity index (χ2n) is 7.29. The van der Waals surface area contributed by atoms with Crippen molar-refractivity contribution in [2.75, 3.05) is 19.7 Å². The Morgan fingerprint density at radius 2 is 2.29 bits per heavy atom. The van der Waals surface area contributed by atoms with Crippen molar-refractivity contribution in [3.8, 4) is 0 Å². The lowest BCUT2D eigenvalue weighted by atomic mass is 9.75. The Morgan fingerprint density at radius 3 is 2.90 bits per heavy atom. The van der Waals surface area contributed by atoms with Crippen LogP contribution in [-0.4, -0.2) is 30.8 Å². The molecule has 0 radical (unpaired) electrons. The van der Waals surface area contributed by atoms with Gasteiger partial charge in [-0.05, 0) is 51.0 Å². The van der Waals surface area contributed by atoms with E-state index in [1.807, 2.05) is 11.3 Å².